The Morgan fingerprint density at radius 3 is 2.33 bits per heavy atom. The Morgan fingerprint density at radius 2 is 1.79 bits per heavy atom. The van der Waals surface area contributed by atoms with Gasteiger partial charge in [-0.1, -0.05) is 0 Å². The number of fused-ring (bicyclic) bond motifs is 1. The van der Waals surface area contributed by atoms with Crippen LogP contribution >= 0.6 is 0 Å². The molecule has 0 saturated heterocycles. The number of benzene rings is 1. The number of ketones is 1. The molecule has 126 valence electrons. The van der Waals surface area contributed by atoms with E-state index in [2.05, 4.69) is 5.10 Å². The lowest BCUT2D eigenvalue weighted by Gasteiger charge is -2.07. The van der Waals surface area contributed by atoms with Crippen molar-refractivity contribution in [2.24, 2.45) is 14.1 Å². The normalized spacial score (nSPS) is 11.6. The summed E-state index contributed by atoms with van der Waals surface area (Å²) in [6.45, 7) is 5.53. The molecule has 0 radical (unpaired) electrons. The summed E-state index contributed by atoms with van der Waals surface area (Å²) in [5.74, 6) is -0.345. The highest BCUT2D eigenvalue weighted by atomic mass is 16.2. The Kier molecular flexibility index (Phi) is 3.59. The van der Waals surface area contributed by atoms with Crippen molar-refractivity contribution in [3.05, 3.63) is 55.9 Å². The number of imidazole rings is 1. The van der Waals surface area contributed by atoms with Crippen molar-refractivity contribution in [2.75, 3.05) is 0 Å². The summed E-state index contributed by atoms with van der Waals surface area (Å²) in [6.07, 6.45) is 0. The molecule has 1 N–H and O–H groups in total. The highest BCUT2D eigenvalue weighted by Crippen LogP contribution is 2.20. The smallest absolute Gasteiger partial charge is 0.299 e. The lowest BCUT2D eigenvalue weighted by molar-refractivity contribution is 0.103. The molecule has 0 amide bonds. The summed E-state index contributed by atoms with van der Waals surface area (Å²) in [7, 11) is 3.28. The molecule has 0 unspecified atom stereocenters. The third-order valence-corrected chi connectivity index (χ3v) is 4.32. The van der Waals surface area contributed by atoms with Gasteiger partial charge in [-0.05, 0) is 39.0 Å². The van der Waals surface area contributed by atoms with Gasteiger partial charge in [-0.15, -0.1) is 0 Å². The van der Waals surface area contributed by atoms with E-state index in [1.54, 1.807) is 48.4 Å². The number of nitrogens with one attached hydrogen (secondary N) is 1. The van der Waals surface area contributed by atoms with Crippen molar-refractivity contribution in [1.82, 2.24) is 18.9 Å². The van der Waals surface area contributed by atoms with Crippen molar-refractivity contribution in [3.63, 3.8) is 0 Å². The van der Waals surface area contributed by atoms with Crippen LogP contribution in [0.15, 0.2) is 27.8 Å². The molecule has 0 aliphatic heterocycles. The van der Waals surface area contributed by atoms with Crippen LogP contribution in [-0.4, -0.2) is 24.7 Å². The van der Waals surface area contributed by atoms with Gasteiger partial charge in [-0.2, -0.15) is 0 Å². The molecular formula is C17H20N4O3. The van der Waals surface area contributed by atoms with E-state index in [1.807, 2.05) is 13.8 Å². The summed E-state index contributed by atoms with van der Waals surface area (Å²) in [5.41, 5.74) is 2.01. The molecule has 0 spiro atoms. The molecule has 2 aromatic heterocycles. The van der Waals surface area contributed by atoms with E-state index in [0.29, 0.717) is 16.8 Å². The van der Waals surface area contributed by atoms with E-state index in [-0.39, 0.29) is 28.6 Å². The lowest BCUT2D eigenvalue weighted by atomic mass is 10.0. The number of carbonyl (C=O) groups excluding carboxylic acids is 1. The van der Waals surface area contributed by atoms with Gasteiger partial charge in [0.25, 0.3) is 5.56 Å². The first-order valence-electron chi connectivity index (χ1n) is 7.75. The average Bonchev–Trinajstić information content (AvgIpc) is 2.92. The first-order chi connectivity index (χ1) is 11.2. The Hall–Kier alpha value is -2.83. The van der Waals surface area contributed by atoms with E-state index in [0.717, 1.165) is 5.52 Å². The molecule has 24 heavy (non-hydrogen) atoms. The van der Waals surface area contributed by atoms with Gasteiger partial charge >= 0.3 is 5.69 Å². The van der Waals surface area contributed by atoms with Gasteiger partial charge in [0, 0.05) is 31.4 Å². The highest BCUT2D eigenvalue weighted by molar-refractivity contribution is 6.10. The molecule has 1 aromatic carbocycles. The summed E-state index contributed by atoms with van der Waals surface area (Å²) in [6, 6.07) is 5.05. The molecule has 0 aliphatic rings. The van der Waals surface area contributed by atoms with Crippen LogP contribution in [0.5, 0.6) is 0 Å². The predicted octanol–water partition coefficient (Wildman–Crippen LogP) is 1.49. The van der Waals surface area contributed by atoms with Crippen molar-refractivity contribution in [1.29, 1.82) is 0 Å². The van der Waals surface area contributed by atoms with Gasteiger partial charge in [0.05, 0.1) is 11.0 Å². The van der Waals surface area contributed by atoms with Crippen LogP contribution in [0.3, 0.4) is 0 Å². The van der Waals surface area contributed by atoms with Gasteiger partial charge < -0.3 is 0 Å². The van der Waals surface area contributed by atoms with E-state index >= 15 is 0 Å². The number of hydrogen-bond acceptors (Lipinski definition) is 3. The number of aryl methyl sites for hydroxylation is 3. The zero-order chi connectivity index (χ0) is 17.8. The maximum absolute atomic E-state index is 12.8. The maximum atomic E-state index is 12.8. The third kappa shape index (κ3) is 2.16. The second-order valence-electron chi connectivity index (χ2n) is 6.31. The van der Waals surface area contributed by atoms with Gasteiger partial charge in [-0.25, -0.2) is 4.79 Å². The fourth-order valence-electron chi connectivity index (χ4n) is 3.11. The summed E-state index contributed by atoms with van der Waals surface area (Å²) < 4.78 is 4.49. The Bertz CT molecular complexity index is 1080. The van der Waals surface area contributed by atoms with Gasteiger partial charge in [0.2, 0.25) is 5.78 Å². The molecule has 0 fully saturated rings. The molecule has 7 nitrogen and oxygen atoms in total. The van der Waals surface area contributed by atoms with Gasteiger partial charge in [0.1, 0.15) is 5.56 Å². The SMILES string of the molecule is Cc1[nH]n(C)c(=O)c1C(=O)c1ccc2c(c1)n(C(C)C)c(=O)n2C. The Balaban J connectivity index is 2.25. The molecule has 3 rings (SSSR count). The van der Waals surface area contributed by atoms with Crippen LogP contribution in [0.25, 0.3) is 11.0 Å². The number of aromatic amines is 1. The monoisotopic (exact) mass is 328 g/mol. The van der Waals surface area contributed by atoms with E-state index in [9.17, 15) is 14.4 Å². The molecule has 2 heterocycles. The van der Waals surface area contributed by atoms with Gasteiger partial charge in [0.15, 0.2) is 0 Å². The number of nitrogens with zero attached hydrogens (tertiary/aromatic N) is 3. The Morgan fingerprint density at radius 1 is 1.12 bits per heavy atom. The molecule has 3 aromatic rings. The largest absolute Gasteiger partial charge is 0.329 e. The van der Waals surface area contributed by atoms with Crippen LogP contribution in [0.2, 0.25) is 0 Å². The summed E-state index contributed by atoms with van der Waals surface area (Å²) in [4.78, 5) is 37.3. The maximum Gasteiger partial charge on any atom is 0.329 e. The molecule has 0 aliphatic carbocycles. The van der Waals surface area contributed by atoms with Crippen LogP contribution in [0.4, 0.5) is 0 Å². The molecular weight excluding hydrogens is 308 g/mol. The van der Waals surface area contributed by atoms with Crippen LogP contribution < -0.4 is 11.2 Å². The minimum absolute atomic E-state index is 0.0339. The number of hydrogen-bond donors (Lipinski definition) is 1. The zero-order valence-electron chi connectivity index (χ0n) is 14.4. The molecule has 0 atom stereocenters. The number of H-pyrrole nitrogens is 1. The second-order valence-corrected chi connectivity index (χ2v) is 6.31. The van der Waals surface area contributed by atoms with Crippen LogP contribution in [0.1, 0.15) is 41.5 Å². The van der Waals surface area contributed by atoms with Crippen LogP contribution in [-0.2, 0) is 14.1 Å². The van der Waals surface area contributed by atoms with Gasteiger partial charge in [-0.3, -0.25) is 28.5 Å². The van der Waals surface area contributed by atoms with E-state index in [1.165, 1.54) is 4.68 Å². The van der Waals surface area contributed by atoms with Crippen molar-refractivity contribution in [3.8, 4) is 0 Å². The number of aromatic nitrogens is 4. The van der Waals surface area contributed by atoms with E-state index in [4.69, 9.17) is 0 Å². The molecule has 7 heteroatoms. The van der Waals surface area contributed by atoms with Crippen molar-refractivity contribution in [2.45, 2.75) is 26.8 Å². The first-order valence-corrected chi connectivity index (χ1v) is 7.75. The summed E-state index contributed by atoms with van der Waals surface area (Å²) in [5, 5.41) is 2.83. The fourth-order valence-corrected chi connectivity index (χ4v) is 3.11. The number of carbonyl (C=O) groups is 1. The quantitative estimate of drug-likeness (QED) is 0.740. The van der Waals surface area contributed by atoms with Crippen molar-refractivity contribution < 1.29 is 4.79 Å². The number of rotatable bonds is 3. The zero-order valence-corrected chi connectivity index (χ0v) is 14.4. The third-order valence-electron chi connectivity index (χ3n) is 4.32. The van der Waals surface area contributed by atoms with Crippen molar-refractivity contribution >= 4 is 16.8 Å². The minimum Gasteiger partial charge on any atom is -0.299 e. The average molecular weight is 328 g/mol. The lowest BCUT2D eigenvalue weighted by Crippen LogP contribution is -2.23. The predicted molar refractivity (Wildman–Crippen MR) is 91.8 cm³/mol. The Labute approximate surface area is 138 Å². The highest BCUT2D eigenvalue weighted by Gasteiger charge is 2.21. The topological polar surface area (TPSA) is 81.8 Å². The fraction of sp³-hybridized carbons (Fsp3) is 0.353. The summed E-state index contributed by atoms with van der Waals surface area (Å²) >= 11 is 0. The minimum atomic E-state index is -0.355. The first kappa shape index (κ1) is 16.0. The molecule has 0 saturated carbocycles. The van der Waals surface area contributed by atoms with Crippen LogP contribution in [0, 0.1) is 6.92 Å². The second kappa shape index (κ2) is 5.36. The van der Waals surface area contributed by atoms with E-state index < -0.39 is 0 Å². The standard InChI is InChI=1S/C17H20N4O3/c1-9(2)21-13-8-11(6-7-12(13)19(4)17(21)24)15(22)14-10(3)18-20(5)16(14)23/h6-9,18H,1-5H3. The molecule has 0 bridgehead atoms.